The molecule has 0 unspecified atom stereocenters. The van der Waals surface area contributed by atoms with Gasteiger partial charge in [0.25, 0.3) is 0 Å². The quantitative estimate of drug-likeness (QED) is 0.582. The van der Waals surface area contributed by atoms with Crippen molar-refractivity contribution in [1.29, 1.82) is 0 Å². The molecule has 1 aliphatic carbocycles. The van der Waals surface area contributed by atoms with Crippen LogP contribution in [0, 0.1) is 0 Å². The Kier molecular flexibility index (Phi) is 2.53. The zero-order chi connectivity index (χ0) is 8.27. The summed E-state index contributed by atoms with van der Waals surface area (Å²) in [5, 5.41) is 0. The van der Waals surface area contributed by atoms with Crippen LogP contribution in [0.3, 0.4) is 0 Å². The second kappa shape index (κ2) is 3.42. The summed E-state index contributed by atoms with van der Waals surface area (Å²) >= 11 is 0. The van der Waals surface area contributed by atoms with Gasteiger partial charge in [-0.15, -0.1) is 0 Å². The van der Waals surface area contributed by atoms with Gasteiger partial charge in [-0.3, -0.25) is 0 Å². The maximum Gasteiger partial charge on any atom is 0.00557 e. The largest absolute Gasteiger partial charge is 0.383 e. The van der Waals surface area contributed by atoms with E-state index in [1.807, 2.05) is 14.1 Å². The molecule has 0 radical (unpaired) electrons. The van der Waals surface area contributed by atoms with Crippen molar-refractivity contribution in [3.8, 4) is 0 Å². The first-order chi connectivity index (χ1) is 5.20. The van der Waals surface area contributed by atoms with E-state index in [1.165, 1.54) is 11.1 Å². The summed E-state index contributed by atoms with van der Waals surface area (Å²) in [7, 11) is 4.10. The van der Waals surface area contributed by atoms with Crippen molar-refractivity contribution < 1.29 is 0 Å². The minimum Gasteiger partial charge on any atom is -0.383 e. The van der Waals surface area contributed by atoms with Gasteiger partial charge in [-0.25, -0.2) is 0 Å². The van der Waals surface area contributed by atoms with Crippen LogP contribution in [0.5, 0.6) is 0 Å². The second-order valence-electron chi connectivity index (χ2n) is 3.10. The van der Waals surface area contributed by atoms with Crippen molar-refractivity contribution in [2.24, 2.45) is 0 Å². The fraction of sp³-hybridized carbons (Fsp3) is 0.400. The molecule has 0 aromatic carbocycles. The highest BCUT2D eigenvalue weighted by Gasteiger charge is 2.00. The summed E-state index contributed by atoms with van der Waals surface area (Å²) in [5.41, 5.74) is 2.79. The average molecular weight is 149 g/mol. The van der Waals surface area contributed by atoms with Crippen molar-refractivity contribution in [2.45, 2.75) is 13.3 Å². The Labute approximate surface area is 68.7 Å². The molecular formula is C10H15N. The molecule has 0 fully saturated rings. The number of rotatable bonds is 2. The van der Waals surface area contributed by atoms with Crippen molar-refractivity contribution in [3.63, 3.8) is 0 Å². The zero-order valence-electron chi connectivity index (χ0n) is 7.46. The lowest BCUT2D eigenvalue weighted by atomic mass is 10.1. The Bertz CT molecular complexity index is 219. The molecule has 0 N–H and O–H groups in total. The Morgan fingerprint density at radius 1 is 1.55 bits per heavy atom. The molecule has 0 aliphatic heterocycles. The van der Waals surface area contributed by atoms with E-state index in [-0.39, 0.29) is 0 Å². The Balaban J connectivity index is 2.61. The third-order valence-corrected chi connectivity index (χ3v) is 1.73. The van der Waals surface area contributed by atoms with Crippen LogP contribution in [0.1, 0.15) is 13.3 Å². The number of hydrogen-bond donors (Lipinski definition) is 0. The molecule has 1 aliphatic rings. The molecule has 1 nitrogen and oxygen atoms in total. The topological polar surface area (TPSA) is 3.24 Å². The van der Waals surface area contributed by atoms with E-state index < -0.39 is 0 Å². The van der Waals surface area contributed by atoms with Gasteiger partial charge in [0.15, 0.2) is 0 Å². The van der Waals surface area contributed by atoms with Crippen LogP contribution in [0.4, 0.5) is 0 Å². The minimum atomic E-state index is 1.09. The van der Waals surface area contributed by atoms with E-state index in [1.54, 1.807) is 0 Å². The van der Waals surface area contributed by atoms with Gasteiger partial charge in [0.05, 0.1) is 0 Å². The van der Waals surface area contributed by atoms with Crippen molar-refractivity contribution in [1.82, 2.24) is 4.90 Å². The normalized spacial score (nSPS) is 17.0. The Morgan fingerprint density at radius 2 is 2.27 bits per heavy atom. The first kappa shape index (κ1) is 8.12. The van der Waals surface area contributed by atoms with E-state index >= 15 is 0 Å². The fourth-order valence-corrected chi connectivity index (χ4v) is 1.21. The molecule has 0 aromatic rings. The standard InChI is InChI=1S/C10H15N/c1-9(8-11(2)3)10-6-4-5-7-10/h4-6,8H,7H2,1-3H3/b9-8+. The van der Waals surface area contributed by atoms with Crippen molar-refractivity contribution in [2.75, 3.05) is 14.1 Å². The molecule has 0 saturated carbocycles. The number of allylic oxidation sites excluding steroid dienone is 5. The van der Waals surface area contributed by atoms with Gasteiger partial charge < -0.3 is 4.90 Å². The summed E-state index contributed by atoms with van der Waals surface area (Å²) in [5.74, 6) is 0. The lowest BCUT2D eigenvalue weighted by Crippen LogP contribution is -2.02. The summed E-state index contributed by atoms with van der Waals surface area (Å²) in [6, 6.07) is 0. The highest BCUT2D eigenvalue weighted by atomic mass is 15.0. The van der Waals surface area contributed by atoms with Gasteiger partial charge in [0, 0.05) is 20.3 Å². The van der Waals surface area contributed by atoms with E-state index in [9.17, 15) is 0 Å². The first-order valence-corrected chi connectivity index (χ1v) is 3.91. The van der Waals surface area contributed by atoms with Crippen LogP contribution < -0.4 is 0 Å². The van der Waals surface area contributed by atoms with Gasteiger partial charge in [0.2, 0.25) is 0 Å². The van der Waals surface area contributed by atoms with Gasteiger partial charge >= 0.3 is 0 Å². The summed E-state index contributed by atoms with van der Waals surface area (Å²) in [6.07, 6.45) is 9.72. The lowest BCUT2D eigenvalue weighted by molar-refractivity contribution is 0.559. The predicted octanol–water partition coefficient (Wildman–Crippen LogP) is 2.34. The third kappa shape index (κ3) is 2.26. The second-order valence-corrected chi connectivity index (χ2v) is 3.10. The third-order valence-electron chi connectivity index (χ3n) is 1.73. The molecule has 0 bridgehead atoms. The van der Waals surface area contributed by atoms with Crippen LogP contribution in [-0.4, -0.2) is 19.0 Å². The monoisotopic (exact) mass is 149 g/mol. The summed E-state index contributed by atoms with van der Waals surface area (Å²) in [6.45, 7) is 2.15. The molecule has 11 heavy (non-hydrogen) atoms. The first-order valence-electron chi connectivity index (χ1n) is 3.91. The highest BCUT2D eigenvalue weighted by molar-refractivity contribution is 5.37. The van der Waals surface area contributed by atoms with Crippen LogP contribution in [-0.2, 0) is 0 Å². The van der Waals surface area contributed by atoms with Crippen LogP contribution >= 0.6 is 0 Å². The average Bonchev–Trinajstić information content (AvgIpc) is 2.35. The molecule has 60 valence electrons. The van der Waals surface area contributed by atoms with Gasteiger partial charge in [-0.05, 0) is 24.5 Å². The maximum absolute atomic E-state index is 2.18. The molecule has 0 heterocycles. The smallest absolute Gasteiger partial charge is 0.00557 e. The molecule has 1 rings (SSSR count). The van der Waals surface area contributed by atoms with E-state index in [0.717, 1.165) is 6.42 Å². The van der Waals surface area contributed by atoms with E-state index in [0.29, 0.717) is 0 Å². The molecule has 0 aromatic heterocycles. The Morgan fingerprint density at radius 3 is 2.73 bits per heavy atom. The fourth-order valence-electron chi connectivity index (χ4n) is 1.21. The summed E-state index contributed by atoms with van der Waals surface area (Å²) in [4.78, 5) is 2.08. The van der Waals surface area contributed by atoms with Gasteiger partial charge in [0.1, 0.15) is 0 Å². The number of nitrogens with zero attached hydrogens (tertiary/aromatic N) is 1. The van der Waals surface area contributed by atoms with E-state index in [4.69, 9.17) is 0 Å². The molecular weight excluding hydrogens is 134 g/mol. The van der Waals surface area contributed by atoms with Gasteiger partial charge in [-0.1, -0.05) is 18.2 Å². The Hall–Kier alpha value is -0.980. The van der Waals surface area contributed by atoms with Crippen LogP contribution in [0.25, 0.3) is 0 Å². The molecule has 0 saturated heterocycles. The molecule has 0 amide bonds. The van der Waals surface area contributed by atoms with E-state index in [2.05, 4.69) is 36.3 Å². The zero-order valence-corrected chi connectivity index (χ0v) is 7.46. The van der Waals surface area contributed by atoms with Crippen molar-refractivity contribution in [3.05, 3.63) is 35.6 Å². The molecule has 0 atom stereocenters. The van der Waals surface area contributed by atoms with Crippen LogP contribution in [0.2, 0.25) is 0 Å². The molecule has 1 heteroatoms. The predicted molar refractivity (Wildman–Crippen MR) is 49.3 cm³/mol. The van der Waals surface area contributed by atoms with Crippen LogP contribution in [0.15, 0.2) is 35.6 Å². The maximum atomic E-state index is 2.18. The van der Waals surface area contributed by atoms with Crippen molar-refractivity contribution >= 4 is 0 Å². The lowest BCUT2D eigenvalue weighted by Gasteiger charge is -2.08. The summed E-state index contributed by atoms with van der Waals surface area (Å²) < 4.78 is 0. The van der Waals surface area contributed by atoms with Gasteiger partial charge in [-0.2, -0.15) is 0 Å². The minimum absolute atomic E-state index is 1.09. The molecule has 0 spiro atoms. The highest BCUT2D eigenvalue weighted by Crippen LogP contribution is 2.18. The SMILES string of the molecule is C/C(=C\N(C)C)C1=CC=CC1. The number of hydrogen-bond acceptors (Lipinski definition) is 1.